The zero-order valence-electron chi connectivity index (χ0n) is 13.0. The van der Waals surface area contributed by atoms with E-state index in [9.17, 15) is 28.1 Å². The normalized spacial score (nSPS) is 18.8. The second kappa shape index (κ2) is 6.95. The lowest BCUT2D eigenvalue weighted by atomic mass is 10.2. The number of anilines is 1. The summed E-state index contributed by atoms with van der Waals surface area (Å²) in [5.74, 6) is -1.97. The van der Waals surface area contributed by atoms with Crippen LogP contribution in [0.1, 0.15) is 13.3 Å². The van der Waals surface area contributed by atoms with Gasteiger partial charge in [0.15, 0.2) is 9.84 Å². The first-order chi connectivity index (χ1) is 11.2. The molecule has 0 aromatic heterocycles. The molecule has 1 heterocycles. The van der Waals surface area contributed by atoms with Crippen molar-refractivity contribution in [1.82, 2.24) is 4.90 Å². The Hall–Kier alpha value is -2.49. The first-order valence-electron chi connectivity index (χ1n) is 7.30. The van der Waals surface area contributed by atoms with Crippen molar-refractivity contribution in [3.05, 3.63) is 34.4 Å². The molecule has 0 spiro atoms. The van der Waals surface area contributed by atoms with Crippen LogP contribution in [0.4, 0.5) is 11.4 Å². The van der Waals surface area contributed by atoms with Crippen molar-refractivity contribution >= 4 is 33.0 Å². The number of carbonyl (C=O) groups excluding carboxylic acids is 2. The van der Waals surface area contributed by atoms with E-state index in [1.54, 1.807) is 6.92 Å². The first kappa shape index (κ1) is 17.9. The lowest BCUT2D eigenvalue weighted by Gasteiger charge is -2.26. The third-order valence-electron chi connectivity index (χ3n) is 3.76. The van der Waals surface area contributed by atoms with Crippen molar-refractivity contribution in [3.63, 3.8) is 0 Å². The highest BCUT2D eigenvalue weighted by atomic mass is 32.2. The highest BCUT2D eigenvalue weighted by molar-refractivity contribution is 7.91. The van der Waals surface area contributed by atoms with Gasteiger partial charge >= 0.3 is 11.8 Å². The Morgan fingerprint density at radius 2 is 2.12 bits per heavy atom. The van der Waals surface area contributed by atoms with E-state index in [-0.39, 0.29) is 29.4 Å². The van der Waals surface area contributed by atoms with Gasteiger partial charge in [0.05, 0.1) is 16.4 Å². The van der Waals surface area contributed by atoms with Gasteiger partial charge in [-0.15, -0.1) is 0 Å². The minimum Gasteiger partial charge on any atom is -0.331 e. The Kier molecular flexibility index (Phi) is 5.17. The number of benzene rings is 1. The fraction of sp³-hybridized carbons (Fsp3) is 0.429. The van der Waals surface area contributed by atoms with Crippen molar-refractivity contribution in [2.24, 2.45) is 0 Å². The maximum Gasteiger partial charge on any atom is 0.313 e. The lowest BCUT2D eigenvalue weighted by molar-refractivity contribution is -0.384. The van der Waals surface area contributed by atoms with Crippen molar-refractivity contribution in [2.75, 3.05) is 23.4 Å². The lowest BCUT2D eigenvalue weighted by Crippen LogP contribution is -2.46. The Morgan fingerprint density at radius 3 is 2.67 bits per heavy atom. The predicted molar refractivity (Wildman–Crippen MR) is 86.2 cm³/mol. The summed E-state index contributed by atoms with van der Waals surface area (Å²) in [6.45, 7) is 1.85. The van der Waals surface area contributed by atoms with Crippen molar-refractivity contribution in [2.45, 2.75) is 19.4 Å². The Bertz CT molecular complexity index is 776. The molecule has 1 atom stereocenters. The van der Waals surface area contributed by atoms with Gasteiger partial charge in [-0.3, -0.25) is 19.7 Å². The van der Waals surface area contributed by atoms with Crippen LogP contribution in [-0.2, 0) is 19.4 Å². The SMILES string of the molecule is CCN(C(=O)C(=O)Nc1cccc([N+](=O)[O-])c1)C1CCS(=O)(=O)C1. The molecule has 1 fully saturated rings. The summed E-state index contributed by atoms with van der Waals surface area (Å²) in [6, 6.07) is 4.69. The number of nitrogens with zero attached hydrogens (tertiary/aromatic N) is 2. The van der Waals surface area contributed by atoms with Crippen LogP contribution in [0.2, 0.25) is 0 Å². The largest absolute Gasteiger partial charge is 0.331 e. The summed E-state index contributed by atoms with van der Waals surface area (Å²) < 4.78 is 23.1. The number of hydrogen-bond acceptors (Lipinski definition) is 6. The predicted octanol–water partition coefficient (Wildman–Crippen LogP) is 0.569. The molecule has 10 heteroatoms. The van der Waals surface area contributed by atoms with Gasteiger partial charge in [-0.2, -0.15) is 0 Å². The molecule has 0 bridgehead atoms. The van der Waals surface area contributed by atoms with Crippen LogP contribution in [0.25, 0.3) is 0 Å². The Labute approximate surface area is 138 Å². The molecule has 1 saturated heterocycles. The molecule has 2 amide bonds. The number of sulfone groups is 1. The molecule has 1 aliphatic heterocycles. The monoisotopic (exact) mass is 355 g/mol. The van der Waals surface area contributed by atoms with Gasteiger partial charge in [-0.25, -0.2) is 8.42 Å². The van der Waals surface area contributed by atoms with Gasteiger partial charge in [-0.1, -0.05) is 6.07 Å². The summed E-state index contributed by atoms with van der Waals surface area (Å²) in [5.41, 5.74) is -0.0906. The van der Waals surface area contributed by atoms with Crippen LogP contribution < -0.4 is 5.32 Å². The van der Waals surface area contributed by atoms with Crippen LogP contribution in [0.3, 0.4) is 0 Å². The van der Waals surface area contributed by atoms with E-state index >= 15 is 0 Å². The quantitative estimate of drug-likeness (QED) is 0.478. The zero-order chi connectivity index (χ0) is 17.9. The molecule has 1 aromatic rings. The maximum atomic E-state index is 12.3. The fourth-order valence-electron chi connectivity index (χ4n) is 2.60. The fourth-order valence-corrected chi connectivity index (χ4v) is 4.33. The third kappa shape index (κ3) is 4.07. The number of non-ortho nitro benzene ring substituents is 1. The molecule has 1 unspecified atom stereocenters. The smallest absolute Gasteiger partial charge is 0.313 e. The molecular formula is C14H17N3O6S. The van der Waals surface area contributed by atoms with Crippen molar-refractivity contribution < 1.29 is 22.9 Å². The molecule has 9 nitrogen and oxygen atoms in total. The van der Waals surface area contributed by atoms with Crippen molar-refractivity contribution in [3.8, 4) is 0 Å². The standard InChI is InChI=1S/C14H17N3O6S/c1-2-16(12-6-7-24(22,23)9-12)14(19)13(18)15-10-4-3-5-11(8-10)17(20)21/h3-5,8,12H,2,6-7,9H2,1H3,(H,15,18). The number of nitro benzene ring substituents is 1. The second-order valence-corrected chi connectivity index (χ2v) is 7.64. The van der Waals surface area contributed by atoms with Crippen molar-refractivity contribution in [1.29, 1.82) is 0 Å². The summed E-state index contributed by atoms with van der Waals surface area (Å²) >= 11 is 0. The number of rotatable bonds is 4. The van der Waals surface area contributed by atoms with Gasteiger partial charge in [0.2, 0.25) is 0 Å². The zero-order valence-corrected chi connectivity index (χ0v) is 13.8. The van der Waals surface area contributed by atoms with E-state index in [0.717, 1.165) is 6.07 Å². The van der Waals surface area contributed by atoms with E-state index in [1.807, 2.05) is 0 Å². The molecular weight excluding hydrogens is 338 g/mol. The average molecular weight is 355 g/mol. The Balaban J connectivity index is 2.09. The van der Waals surface area contributed by atoms with Crippen LogP contribution in [-0.4, -0.2) is 54.1 Å². The molecule has 0 saturated carbocycles. The van der Waals surface area contributed by atoms with Crippen LogP contribution in [0, 0.1) is 10.1 Å². The molecule has 0 radical (unpaired) electrons. The average Bonchev–Trinajstić information content (AvgIpc) is 2.88. The number of nitrogens with one attached hydrogen (secondary N) is 1. The number of amides is 2. The summed E-state index contributed by atoms with van der Waals surface area (Å²) in [6.07, 6.45) is 0.298. The first-order valence-corrected chi connectivity index (χ1v) is 9.12. The number of carbonyl (C=O) groups is 2. The van der Waals surface area contributed by atoms with Gasteiger partial charge in [-0.05, 0) is 19.4 Å². The van der Waals surface area contributed by atoms with Gasteiger partial charge in [0.1, 0.15) is 0 Å². The Morgan fingerprint density at radius 1 is 1.42 bits per heavy atom. The third-order valence-corrected chi connectivity index (χ3v) is 5.51. The second-order valence-electron chi connectivity index (χ2n) is 5.41. The van der Waals surface area contributed by atoms with Crippen LogP contribution >= 0.6 is 0 Å². The van der Waals surface area contributed by atoms with E-state index in [0.29, 0.717) is 6.42 Å². The minimum absolute atomic E-state index is 0.00601. The highest BCUT2D eigenvalue weighted by Gasteiger charge is 2.36. The summed E-state index contributed by atoms with van der Waals surface area (Å²) in [4.78, 5) is 35.7. The van der Waals surface area contributed by atoms with E-state index in [4.69, 9.17) is 0 Å². The van der Waals surface area contributed by atoms with Gasteiger partial charge in [0, 0.05) is 30.4 Å². The molecule has 0 aliphatic carbocycles. The topological polar surface area (TPSA) is 127 Å². The number of nitro groups is 1. The van der Waals surface area contributed by atoms with Crippen LogP contribution in [0.15, 0.2) is 24.3 Å². The number of hydrogen-bond donors (Lipinski definition) is 1. The van der Waals surface area contributed by atoms with E-state index in [2.05, 4.69) is 5.32 Å². The molecule has 1 aromatic carbocycles. The molecule has 2 rings (SSSR count). The molecule has 1 N–H and O–H groups in total. The van der Waals surface area contributed by atoms with Gasteiger partial charge < -0.3 is 10.2 Å². The molecule has 24 heavy (non-hydrogen) atoms. The highest BCUT2D eigenvalue weighted by Crippen LogP contribution is 2.19. The number of likely N-dealkylation sites (N-methyl/N-ethyl adjacent to an activating group) is 1. The van der Waals surface area contributed by atoms with Crippen LogP contribution in [0.5, 0.6) is 0 Å². The van der Waals surface area contributed by atoms with E-state index < -0.39 is 32.6 Å². The molecule has 130 valence electrons. The van der Waals surface area contributed by atoms with Gasteiger partial charge in [0.25, 0.3) is 5.69 Å². The molecule has 1 aliphatic rings. The minimum atomic E-state index is -3.18. The van der Waals surface area contributed by atoms with E-state index in [1.165, 1.54) is 23.1 Å². The summed E-state index contributed by atoms with van der Waals surface area (Å²) in [5, 5.41) is 13.0. The maximum absolute atomic E-state index is 12.3. The summed E-state index contributed by atoms with van der Waals surface area (Å²) in [7, 11) is -3.18.